The number of hydrogen-bond acceptors (Lipinski definition) is 4. The van der Waals surface area contributed by atoms with E-state index in [1.54, 1.807) is 36.1 Å². The number of benzene rings is 2. The number of carbonyl (C=O) groups excluding carboxylic acids is 1. The molecule has 0 bridgehead atoms. The molecule has 2 aromatic carbocycles. The van der Waals surface area contributed by atoms with Crippen LogP contribution in [-0.2, 0) is 21.4 Å². The molecule has 2 aromatic rings. The highest BCUT2D eigenvalue weighted by Crippen LogP contribution is 2.25. The first kappa shape index (κ1) is 21.6. The van der Waals surface area contributed by atoms with E-state index in [-0.39, 0.29) is 5.91 Å². The van der Waals surface area contributed by atoms with Crippen molar-refractivity contribution in [1.29, 1.82) is 0 Å². The summed E-state index contributed by atoms with van der Waals surface area (Å²) in [5.41, 5.74) is 1.63. The van der Waals surface area contributed by atoms with Crippen LogP contribution < -0.4 is 4.31 Å². The first-order valence-corrected chi connectivity index (χ1v) is 11.8. The van der Waals surface area contributed by atoms with Gasteiger partial charge in [0.25, 0.3) is 0 Å². The van der Waals surface area contributed by atoms with Gasteiger partial charge in [-0.25, -0.2) is 8.42 Å². The molecule has 29 heavy (non-hydrogen) atoms. The standard InChI is InChI=1S/C21H26ClN3O3S/c1-17(25(29(2,27)28)20-10-6-9-19(22)15-20)21(26)24-13-11-23(12-14-24)16-18-7-4-3-5-8-18/h3-10,15,17H,11-14,16H2,1-2H3. The molecule has 1 heterocycles. The third kappa shape index (κ3) is 5.50. The Bertz CT molecular complexity index is 945. The van der Waals surface area contributed by atoms with Crippen LogP contribution in [0.4, 0.5) is 5.69 Å². The van der Waals surface area contributed by atoms with E-state index >= 15 is 0 Å². The maximum absolute atomic E-state index is 13.1. The second-order valence-electron chi connectivity index (χ2n) is 7.30. The lowest BCUT2D eigenvalue weighted by molar-refractivity contribution is -0.133. The summed E-state index contributed by atoms with van der Waals surface area (Å²) < 4.78 is 26.0. The molecule has 0 aromatic heterocycles. The molecule has 1 aliphatic heterocycles. The van der Waals surface area contributed by atoms with E-state index in [9.17, 15) is 13.2 Å². The molecule has 3 rings (SSSR count). The van der Waals surface area contributed by atoms with Crippen molar-refractivity contribution in [2.45, 2.75) is 19.5 Å². The normalized spacial score (nSPS) is 16.4. The average Bonchev–Trinajstić information content (AvgIpc) is 2.68. The fourth-order valence-corrected chi connectivity index (χ4v) is 4.99. The minimum Gasteiger partial charge on any atom is -0.338 e. The molecule has 1 amide bonds. The van der Waals surface area contributed by atoms with Crippen LogP contribution in [-0.4, -0.2) is 62.6 Å². The SMILES string of the molecule is CC(C(=O)N1CCN(Cc2ccccc2)CC1)N(c1cccc(Cl)c1)S(C)(=O)=O. The first-order chi connectivity index (χ1) is 13.8. The monoisotopic (exact) mass is 435 g/mol. The summed E-state index contributed by atoms with van der Waals surface area (Å²) in [5.74, 6) is -0.199. The second kappa shape index (κ2) is 9.15. The molecule has 1 saturated heterocycles. The fourth-order valence-electron chi connectivity index (χ4n) is 3.65. The lowest BCUT2D eigenvalue weighted by Crippen LogP contribution is -2.55. The molecule has 156 valence electrons. The number of nitrogens with zero attached hydrogens (tertiary/aromatic N) is 3. The molecular weight excluding hydrogens is 410 g/mol. The van der Waals surface area contributed by atoms with Crippen LogP contribution in [0.3, 0.4) is 0 Å². The Hall–Kier alpha value is -2.09. The van der Waals surface area contributed by atoms with E-state index in [0.29, 0.717) is 23.8 Å². The van der Waals surface area contributed by atoms with Crippen LogP contribution in [0.15, 0.2) is 54.6 Å². The van der Waals surface area contributed by atoms with Crippen molar-refractivity contribution in [1.82, 2.24) is 9.80 Å². The van der Waals surface area contributed by atoms with Gasteiger partial charge in [0.1, 0.15) is 6.04 Å². The van der Waals surface area contributed by atoms with Gasteiger partial charge in [-0.3, -0.25) is 14.0 Å². The summed E-state index contributed by atoms with van der Waals surface area (Å²) in [6.45, 7) is 5.12. The van der Waals surface area contributed by atoms with Gasteiger partial charge < -0.3 is 4.90 Å². The molecule has 0 N–H and O–H groups in total. The number of piperazine rings is 1. The summed E-state index contributed by atoms with van der Waals surface area (Å²) in [7, 11) is -3.65. The Morgan fingerprint density at radius 1 is 1.07 bits per heavy atom. The predicted octanol–water partition coefficient (Wildman–Crippen LogP) is 2.84. The predicted molar refractivity (Wildman–Crippen MR) is 117 cm³/mol. The Morgan fingerprint density at radius 3 is 2.31 bits per heavy atom. The summed E-state index contributed by atoms with van der Waals surface area (Å²) in [4.78, 5) is 17.1. The zero-order chi connectivity index (χ0) is 21.0. The average molecular weight is 436 g/mol. The van der Waals surface area contributed by atoms with Gasteiger partial charge in [-0.05, 0) is 30.7 Å². The van der Waals surface area contributed by atoms with Gasteiger partial charge in [0.2, 0.25) is 15.9 Å². The zero-order valence-electron chi connectivity index (χ0n) is 16.7. The fraction of sp³-hybridized carbons (Fsp3) is 0.381. The number of halogens is 1. The molecule has 1 atom stereocenters. The molecule has 0 saturated carbocycles. The zero-order valence-corrected chi connectivity index (χ0v) is 18.2. The van der Waals surface area contributed by atoms with Gasteiger partial charge in [0, 0.05) is 37.7 Å². The lowest BCUT2D eigenvalue weighted by atomic mass is 10.2. The summed E-state index contributed by atoms with van der Waals surface area (Å²) >= 11 is 6.03. The van der Waals surface area contributed by atoms with Crippen LogP contribution in [0.1, 0.15) is 12.5 Å². The van der Waals surface area contributed by atoms with Gasteiger partial charge in [-0.1, -0.05) is 48.0 Å². The van der Waals surface area contributed by atoms with Crippen molar-refractivity contribution in [3.8, 4) is 0 Å². The highest BCUT2D eigenvalue weighted by atomic mass is 35.5. The van der Waals surface area contributed by atoms with Crippen molar-refractivity contribution < 1.29 is 13.2 Å². The minimum atomic E-state index is -3.65. The molecule has 0 aliphatic carbocycles. The van der Waals surface area contributed by atoms with E-state index in [2.05, 4.69) is 17.0 Å². The number of anilines is 1. The number of rotatable bonds is 6. The third-order valence-electron chi connectivity index (χ3n) is 5.06. The van der Waals surface area contributed by atoms with Crippen LogP contribution in [0.5, 0.6) is 0 Å². The van der Waals surface area contributed by atoms with E-state index in [0.717, 1.165) is 30.2 Å². The first-order valence-electron chi connectivity index (χ1n) is 9.56. The quantitative estimate of drug-likeness (QED) is 0.700. The topological polar surface area (TPSA) is 60.9 Å². The van der Waals surface area contributed by atoms with Gasteiger partial charge in [0.05, 0.1) is 11.9 Å². The number of hydrogen-bond donors (Lipinski definition) is 0. The van der Waals surface area contributed by atoms with Gasteiger partial charge >= 0.3 is 0 Å². The highest BCUT2D eigenvalue weighted by molar-refractivity contribution is 7.92. The lowest BCUT2D eigenvalue weighted by Gasteiger charge is -2.38. The van der Waals surface area contributed by atoms with Crippen molar-refractivity contribution in [3.05, 3.63) is 65.2 Å². The van der Waals surface area contributed by atoms with Gasteiger partial charge in [-0.2, -0.15) is 0 Å². The largest absolute Gasteiger partial charge is 0.338 e. The van der Waals surface area contributed by atoms with E-state index in [4.69, 9.17) is 11.6 Å². The van der Waals surface area contributed by atoms with Crippen LogP contribution in [0.2, 0.25) is 5.02 Å². The Labute approximate surface area is 177 Å². The third-order valence-corrected chi connectivity index (χ3v) is 6.54. The van der Waals surface area contributed by atoms with Crippen molar-refractivity contribution in [2.75, 3.05) is 36.7 Å². The highest BCUT2D eigenvalue weighted by Gasteiger charge is 2.33. The number of sulfonamides is 1. The maximum Gasteiger partial charge on any atom is 0.246 e. The molecular formula is C21H26ClN3O3S. The smallest absolute Gasteiger partial charge is 0.246 e. The molecule has 6 nitrogen and oxygen atoms in total. The van der Waals surface area contributed by atoms with E-state index in [1.165, 1.54) is 5.56 Å². The summed E-state index contributed by atoms with van der Waals surface area (Å²) in [6.07, 6.45) is 1.11. The van der Waals surface area contributed by atoms with Crippen molar-refractivity contribution in [3.63, 3.8) is 0 Å². The molecule has 1 fully saturated rings. The van der Waals surface area contributed by atoms with Crippen LogP contribution in [0.25, 0.3) is 0 Å². The number of carbonyl (C=O) groups is 1. The van der Waals surface area contributed by atoms with Crippen LogP contribution >= 0.6 is 11.6 Å². The summed E-state index contributed by atoms with van der Waals surface area (Å²) in [5, 5.41) is 0.422. The molecule has 0 radical (unpaired) electrons. The molecule has 8 heteroatoms. The molecule has 0 spiro atoms. The van der Waals surface area contributed by atoms with Crippen LogP contribution in [0, 0.1) is 0 Å². The maximum atomic E-state index is 13.1. The number of amides is 1. The molecule has 1 unspecified atom stereocenters. The minimum absolute atomic E-state index is 0.199. The van der Waals surface area contributed by atoms with Crippen molar-refractivity contribution in [2.24, 2.45) is 0 Å². The Balaban J connectivity index is 1.67. The Morgan fingerprint density at radius 2 is 1.72 bits per heavy atom. The molecule has 1 aliphatic rings. The van der Waals surface area contributed by atoms with Gasteiger partial charge in [0.15, 0.2) is 0 Å². The second-order valence-corrected chi connectivity index (χ2v) is 9.60. The van der Waals surface area contributed by atoms with E-state index in [1.807, 2.05) is 18.2 Å². The van der Waals surface area contributed by atoms with Gasteiger partial charge in [-0.15, -0.1) is 0 Å². The Kier molecular flexibility index (Phi) is 6.82. The van der Waals surface area contributed by atoms with Crippen molar-refractivity contribution >= 4 is 33.2 Å². The van der Waals surface area contributed by atoms with E-state index < -0.39 is 16.1 Å². The summed E-state index contributed by atoms with van der Waals surface area (Å²) in [6, 6.07) is 15.9.